The number of hydrogen-bond donors (Lipinski definition) is 0. The number of hydrogen-bond acceptors (Lipinski definition) is 1. The predicted molar refractivity (Wildman–Crippen MR) is 45.4 cm³/mol. The monoisotopic (exact) mass is 154 g/mol. The first-order chi connectivity index (χ1) is 5.20. The number of fused-ring (bicyclic) bond motifs is 1. The Bertz CT molecular complexity index is 164. The van der Waals surface area contributed by atoms with E-state index >= 15 is 0 Å². The van der Waals surface area contributed by atoms with E-state index < -0.39 is 0 Å². The second kappa shape index (κ2) is 2.22. The summed E-state index contributed by atoms with van der Waals surface area (Å²) in [5.41, 5.74) is 0.709. The van der Waals surface area contributed by atoms with Gasteiger partial charge in [0.15, 0.2) is 0 Å². The highest BCUT2D eigenvalue weighted by molar-refractivity contribution is 5.12. The van der Waals surface area contributed by atoms with Gasteiger partial charge in [-0.2, -0.15) is 0 Å². The molecule has 0 aromatic carbocycles. The molecule has 0 heterocycles. The van der Waals surface area contributed by atoms with Gasteiger partial charge in [-0.25, -0.2) is 0 Å². The summed E-state index contributed by atoms with van der Waals surface area (Å²) in [5.74, 6) is 1.78. The van der Waals surface area contributed by atoms with Crippen molar-refractivity contribution in [2.75, 3.05) is 7.11 Å². The molecule has 0 N–H and O–H groups in total. The minimum absolute atomic E-state index is 0.595. The first-order valence-corrected chi connectivity index (χ1v) is 4.73. The quantitative estimate of drug-likeness (QED) is 0.593. The molecule has 0 spiro atoms. The molecule has 3 unspecified atom stereocenters. The lowest BCUT2D eigenvalue weighted by Crippen LogP contribution is -2.10. The molecule has 0 aliphatic heterocycles. The molecule has 0 saturated heterocycles. The first-order valence-electron chi connectivity index (χ1n) is 4.73. The Balaban J connectivity index is 2.04. The van der Waals surface area contributed by atoms with Gasteiger partial charge in [0.25, 0.3) is 0 Å². The largest absolute Gasteiger partial charge is 0.381 e. The van der Waals surface area contributed by atoms with Gasteiger partial charge in [-0.1, -0.05) is 13.8 Å². The summed E-state index contributed by atoms with van der Waals surface area (Å²) < 4.78 is 5.44. The Morgan fingerprint density at radius 1 is 1.45 bits per heavy atom. The molecule has 2 aliphatic carbocycles. The second-order valence-electron chi connectivity index (χ2n) is 4.51. The minimum atomic E-state index is 0.595. The average molecular weight is 154 g/mol. The lowest BCUT2D eigenvalue weighted by atomic mass is 9.90. The van der Waals surface area contributed by atoms with Gasteiger partial charge in [0.1, 0.15) is 0 Å². The average Bonchev–Trinajstić information content (AvgIpc) is 2.61. The molecule has 0 amide bonds. The van der Waals surface area contributed by atoms with Crippen LogP contribution < -0.4 is 0 Å². The van der Waals surface area contributed by atoms with Crippen molar-refractivity contribution in [2.45, 2.75) is 39.2 Å². The van der Waals surface area contributed by atoms with E-state index in [2.05, 4.69) is 13.8 Å². The van der Waals surface area contributed by atoms with Gasteiger partial charge in [0.2, 0.25) is 0 Å². The molecule has 3 atom stereocenters. The highest BCUT2D eigenvalue weighted by atomic mass is 16.5. The van der Waals surface area contributed by atoms with E-state index in [9.17, 15) is 0 Å². The summed E-state index contributed by atoms with van der Waals surface area (Å²) in [5, 5.41) is 0. The molecular weight excluding hydrogens is 136 g/mol. The molecule has 0 bridgehead atoms. The predicted octanol–water partition coefficient (Wildman–Crippen LogP) is 2.46. The molecule has 11 heavy (non-hydrogen) atoms. The lowest BCUT2D eigenvalue weighted by molar-refractivity contribution is 0.0890. The van der Waals surface area contributed by atoms with Crippen LogP contribution in [0.1, 0.15) is 33.1 Å². The van der Waals surface area contributed by atoms with E-state index in [4.69, 9.17) is 4.74 Å². The third-order valence-electron chi connectivity index (χ3n) is 3.97. The highest BCUT2D eigenvalue weighted by Gasteiger charge is 2.62. The molecular formula is C10H18O. The van der Waals surface area contributed by atoms with Crippen molar-refractivity contribution in [3.8, 4) is 0 Å². The van der Waals surface area contributed by atoms with Gasteiger partial charge in [-0.3, -0.25) is 0 Å². The van der Waals surface area contributed by atoms with E-state index in [1.54, 1.807) is 0 Å². The highest BCUT2D eigenvalue weighted by Crippen LogP contribution is 2.67. The standard InChI is InChI=1S/C10H18O/c1-7(2)10-5-4-9(11-3)8(10)6-10/h7-9H,4-6H2,1-3H3. The second-order valence-corrected chi connectivity index (χ2v) is 4.51. The number of methoxy groups -OCH3 is 1. The van der Waals surface area contributed by atoms with Crippen LogP contribution in [0.5, 0.6) is 0 Å². The van der Waals surface area contributed by atoms with Gasteiger partial charge < -0.3 is 4.74 Å². The van der Waals surface area contributed by atoms with Crippen LogP contribution >= 0.6 is 0 Å². The van der Waals surface area contributed by atoms with Gasteiger partial charge in [0.05, 0.1) is 6.10 Å². The van der Waals surface area contributed by atoms with Crippen LogP contribution in [0.2, 0.25) is 0 Å². The summed E-state index contributed by atoms with van der Waals surface area (Å²) in [7, 11) is 1.86. The summed E-state index contributed by atoms with van der Waals surface area (Å²) in [6.45, 7) is 4.72. The lowest BCUT2D eigenvalue weighted by Gasteiger charge is -2.15. The number of rotatable bonds is 2. The molecule has 1 heteroatoms. The van der Waals surface area contributed by atoms with Gasteiger partial charge >= 0.3 is 0 Å². The van der Waals surface area contributed by atoms with E-state index in [0.29, 0.717) is 11.5 Å². The molecule has 2 saturated carbocycles. The molecule has 1 nitrogen and oxygen atoms in total. The maximum atomic E-state index is 5.44. The third kappa shape index (κ3) is 0.868. The van der Waals surface area contributed by atoms with Crippen molar-refractivity contribution < 1.29 is 4.74 Å². The van der Waals surface area contributed by atoms with E-state index in [0.717, 1.165) is 11.8 Å². The van der Waals surface area contributed by atoms with Crippen molar-refractivity contribution in [1.82, 2.24) is 0 Å². The van der Waals surface area contributed by atoms with E-state index in [-0.39, 0.29) is 0 Å². The van der Waals surface area contributed by atoms with Crippen molar-refractivity contribution in [3.63, 3.8) is 0 Å². The van der Waals surface area contributed by atoms with E-state index in [1.165, 1.54) is 19.3 Å². The smallest absolute Gasteiger partial charge is 0.0605 e. The minimum Gasteiger partial charge on any atom is -0.381 e. The molecule has 0 aromatic rings. The van der Waals surface area contributed by atoms with Crippen LogP contribution in [0.15, 0.2) is 0 Å². The Labute approximate surface area is 69.1 Å². The van der Waals surface area contributed by atoms with Crippen molar-refractivity contribution in [3.05, 3.63) is 0 Å². The first kappa shape index (κ1) is 7.60. The molecule has 2 aliphatic rings. The van der Waals surface area contributed by atoms with Gasteiger partial charge in [-0.05, 0) is 36.5 Å². The van der Waals surface area contributed by atoms with Crippen LogP contribution in [-0.4, -0.2) is 13.2 Å². The van der Waals surface area contributed by atoms with Gasteiger partial charge in [0, 0.05) is 7.11 Å². The van der Waals surface area contributed by atoms with Crippen molar-refractivity contribution >= 4 is 0 Å². The Morgan fingerprint density at radius 3 is 2.45 bits per heavy atom. The van der Waals surface area contributed by atoms with Crippen molar-refractivity contribution in [2.24, 2.45) is 17.3 Å². The zero-order valence-electron chi connectivity index (χ0n) is 7.76. The van der Waals surface area contributed by atoms with Crippen LogP contribution in [0, 0.1) is 17.3 Å². The normalized spacial score (nSPS) is 48.0. The summed E-state index contributed by atoms with van der Waals surface area (Å²) >= 11 is 0. The Morgan fingerprint density at radius 2 is 2.18 bits per heavy atom. The fraction of sp³-hybridized carbons (Fsp3) is 1.00. The molecule has 0 aromatic heterocycles. The Kier molecular flexibility index (Phi) is 1.54. The van der Waals surface area contributed by atoms with Crippen LogP contribution in [-0.2, 0) is 4.74 Å². The maximum absolute atomic E-state index is 5.44. The van der Waals surface area contributed by atoms with E-state index in [1.807, 2.05) is 7.11 Å². The molecule has 2 rings (SSSR count). The van der Waals surface area contributed by atoms with Crippen molar-refractivity contribution in [1.29, 1.82) is 0 Å². The topological polar surface area (TPSA) is 9.23 Å². The third-order valence-corrected chi connectivity index (χ3v) is 3.97. The Hall–Kier alpha value is -0.0400. The van der Waals surface area contributed by atoms with Gasteiger partial charge in [-0.15, -0.1) is 0 Å². The summed E-state index contributed by atoms with van der Waals surface area (Å²) in [6.07, 6.45) is 4.74. The SMILES string of the molecule is COC1CCC2(C(C)C)CC12. The number of ether oxygens (including phenoxy) is 1. The molecule has 2 fully saturated rings. The molecule has 0 radical (unpaired) electrons. The van der Waals surface area contributed by atoms with Crippen LogP contribution in [0.25, 0.3) is 0 Å². The van der Waals surface area contributed by atoms with Crippen LogP contribution in [0.4, 0.5) is 0 Å². The molecule has 64 valence electrons. The summed E-state index contributed by atoms with van der Waals surface area (Å²) in [6, 6.07) is 0. The van der Waals surface area contributed by atoms with Crippen LogP contribution in [0.3, 0.4) is 0 Å². The summed E-state index contributed by atoms with van der Waals surface area (Å²) in [4.78, 5) is 0. The fourth-order valence-electron chi connectivity index (χ4n) is 2.99. The maximum Gasteiger partial charge on any atom is 0.0605 e. The zero-order chi connectivity index (χ0) is 8.06. The zero-order valence-corrected chi connectivity index (χ0v) is 7.76. The fourth-order valence-corrected chi connectivity index (χ4v) is 2.99.